The Hall–Kier alpha value is -3.94. The van der Waals surface area contributed by atoms with Crippen molar-refractivity contribution in [2.24, 2.45) is 5.92 Å². The maximum atomic E-state index is 13.0. The van der Waals surface area contributed by atoms with Gasteiger partial charge in [0.1, 0.15) is 5.82 Å². The predicted octanol–water partition coefficient (Wildman–Crippen LogP) is 4.61. The van der Waals surface area contributed by atoms with Gasteiger partial charge in [-0.3, -0.25) is 9.89 Å². The third-order valence-corrected chi connectivity index (χ3v) is 6.57. The van der Waals surface area contributed by atoms with E-state index in [0.717, 1.165) is 52.2 Å². The van der Waals surface area contributed by atoms with E-state index >= 15 is 0 Å². The highest BCUT2D eigenvalue weighted by molar-refractivity contribution is 5.93. The lowest BCUT2D eigenvalue weighted by atomic mass is 9.92. The van der Waals surface area contributed by atoms with Crippen molar-refractivity contribution in [3.05, 3.63) is 60.3 Å². The fourth-order valence-corrected chi connectivity index (χ4v) is 4.55. The van der Waals surface area contributed by atoms with Crippen LogP contribution in [0.1, 0.15) is 25.5 Å². The van der Waals surface area contributed by atoms with Crippen molar-refractivity contribution >= 4 is 34.3 Å². The second kappa shape index (κ2) is 9.13. The van der Waals surface area contributed by atoms with Gasteiger partial charge in [-0.25, -0.2) is 4.98 Å². The first-order valence-electron chi connectivity index (χ1n) is 11.7. The van der Waals surface area contributed by atoms with Crippen molar-refractivity contribution in [1.29, 1.82) is 0 Å². The summed E-state index contributed by atoms with van der Waals surface area (Å²) in [4.78, 5) is 24.7. The SMILES string of the molecule is CNc1nc(-c2ccc3c(C)[nH]nc3c2)cc(N2CC(C(=O)Nc3ccccc3)CCC2C)n1. The van der Waals surface area contributed by atoms with E-state index in [4.69, 9.17) is 9.97 Å². The summed E-state index contributed by atoms with van der Waals surface area (Å²) in [5.74, 6) is 1.30. The first kappa shape index (κ1) is 21.9. The number of piperidine rings is 1. The van der Waals surface area contributed by atoms with Gasteiger partial charge in [-0.1, -0.05) is 30.3 Å². The number of benzene rings is 2. The molecular formula is C26H29N7O. The van der Waals surface area contributed by atoms with Crippen LogP contribution in [-0.4, -0.2) is 45.7 Å². The summed E-state index contributed by atoms with van der Waals surface area (Å²) in [7, 11) is 1.82. The molecule has 1 amide bonds. The monoisotopic (exact) mass is 455 g/mol. The Bertz CT molecular complexity index is 1320. The van der Waals surface area contributed by atoms with E-state index in [9.17, 15) is 4.79 Å². The van der Waals surface area contributed by atoms with Crippen molar-refractivity contribution in [3.63, 3.8) is 0 Å². The van der Waals surface area contributed by atoms with Crippen LogP contribution in [0.25, 0.3) is 22.2 Å². The number of aryl methyl sites for hydroxylation is 1. The van der Waals surface area contributed by atoms with Crippen LogP contribution in [0.5, 0.6) is 0 Å². The second-order valence-electron chi connectivity index (χ2n) is 8.90. The molecule has 2 atom stereocenters. The molecule has 0 aliphatic carbocycles. The zero-order valence-electron chi connectivity index (χ0n) is 19.7. The summed E-state index contributed by atoms with van der Waals surface area (Å²) in [6.07, 6.45) is 1.77. The predicted molar refractivity (Wildman–Crippen MR) is 136 cm³/mol. The molecule has 2 aromatic carbocycles. The number of aromatic amines is 1. The van der Waals surface area contributed by atoms with E-state index in [1.54, 1.807) is 0 Å². The third kappa shape index (κ3) is 4.31. The number of para-hydroxylation sites is 1. The molecule has 4 aromatic rings. The zero-order chi connectivity index (χ0) is 23.7. The topological polar surface area (TPSA) is 98.8 Å². The standard InChI is InChI=1S/C26H29N7O/c1-16-9-10-19(25(34)28-20-7-5-4-6-8-20)15-33(16)24-14-22(29-26(27-3)30-24)18-11-12-21-17(2)31-32-23(21)13-18/h4-8,11-14,16,19H,9-10,15H2,1-3H3,(H,28,34)(H,31,32)(H,27,29,30). The number of nitrogens with zero attached hydrogens (tertiary/aromatic N) is 4. The number of amides is 1. The zero-order valence-corrected chi connectivity index (χ0v) is 19.7. The highest BCUT2D eigenvalue weighted by Crippen LogP contribution is 2.31. The summed E-state index contributed by atoms with van der Waals surface area (Å²) in [6.45, 7) is 4.81. The fourth-order valence-electron chi connectivity index (χ4n) is 4.55. The van der Waals surface area contributed by atoms with E-state index < -0.39 is 0 Å². The first-order chi connectivity index (χ1) is 16.5. The van der Waals surface area contributed by atoms with Crippen LogP contribution in [0.4, 0.5) is 17.5 Å². The summed E-state index contributed by atoms with van der Waals surface area (Å²) in [5.41, 5.74) is 4.57. The van der Waals surface area contributed by atoms with Gasteiger partial charge in [0.2, 0.25) is 11.9 Å². The molecule has 3 heterocycles. The molecule has 0 bridgehead atoms. The number of carbonyl (C=O) groups excluding carboxylic acids is 1. The molecule has 8 nitrogen and oxygen atoms in total. The Kier molecular flexibility index (Phi) is 5.88. The molecule has 5 rings (SSSR count). The lowest BCUT2D eigenvalue weighted by Crippen LogP contribution is -2.46. The van der Waals surface area contributed by atoms with Crippen LogP contribution >= 0.6 is 0 Å². The molecule has 2 aromatic heterocycles. The molecule has 1 aliphatic rings. The molecule has 1 fully saturated rings. The minimum atomic E-state index is -0.115. The highest BCUT2D eigenvalue weighted by Gasteiger charge is 2.31. The second-order valence-corrected chi connectivity index (χ2v) is 8.90. The van der Waals surface area contributed by atoms with Gasteiger partial charge in [-0.2, -0.15) is 10.1 Å². The van der Waals surface area contributed by atoms with Gasteiger partial charge in [-0.05, 0) is 44.9 Å². The van der Waals surface area contributed by atoms with E-state index in [1.165, 1.54) is 0 Å². The third-order valence-electron chi connectivity index (χ3n) is 6.57. The minimum Gasteiger partial charge on any atom is -0.357 e. The normalized spacial score (nSPS) is 18.1. The van der Waals surface area contributed by atoms with Crippen molar-refractivity contribution in [2.75, 3.05) is 29.1 Å². The molecule has 0 radical (unpaired) electrons. The smallest absolute Gasteiger partial charge is 0.229 e. The van der Waals surface area contributed by atoms with Crippen LogP contribution in [0.2, 0.25) is 0 Å². The molecule has 34 heavy (non-hydrogen) atoms. The van der Waals surface area contributed by atoms with E-state index in [1.807, 2.05) is 56.4 Å². The van der Waals surface area contributed by atoms with Crippen molar-refractivity contribution < 1.29 is 4.79 Å². The maximum Gasteiger partial charge on any atom is 0.229 e. The van der Waals surface area contributed by atoms with Gasteiger partial charge in [-0.15, -0.1) is 0 Å². The number of hydrogen-bond donors (Lipinski definition) is 3. The average Bonchev–Trinajstić information content (AvgIpc) is 3.24. The van der Waals surface area contributed by atoms with Crippen LogP contribution in [0.15, 0.2) is 54.6 Å². The minimum absolute atomic E-state index is 0.0468. The quantitative estimate of drug-likeness (QED) is 0.406. The summed E-state index contributed by atoms with van der Waals surface area (Å²) in [6, 6.07) is 18.1. The van der Waals surface area contributed by atoms with Crippen LogP contribution < -0.4 is 15.5 Å². The molecule has 0 spiro atoms. The molecule has 1 saturated heterocycles. The lowest BCUT2D eigenvalue weighted by Gasteiger charge is -2.38. The molecule has 174 valence electrons. The Labute approximate surface area is 198 Å². The van der Waals surface area contributed by atoms with Gasteiger partial charge in [0.05, 0.1) is 17.1 Å². The van der Waals surface area contributed by atoms with Gasteiger partial charge < -0.3 is 15.5 Å². The molecular weight excluding hydrogens is 426 g/mol. The van der Waals surface area contributed by atoms with Gasteiger partial charge in [0.15, 0.2) is 0 Å². The Morgan fingerprint density at radius 3 is 2.71 bits per heavy atom. The Morgan fingerprint density at radius 2 is 1.91 bits per heavy atom. The van der Waals surface area contributed by atoms with Gasteiger partial charge >= 0.3 is 0 Å². The number of aromatic nitrogens is 4. The molecule has 0 saturated carbocycles. The molecule has 2 unspecified atom stereocenters. The molecule has 1 aliphatic heterocycles. The first-order valence-corrected chi connectivity index (χ1v) is 11.7. The average molecular weight is 456 g/mol. The van der Waals surface area contributed by atoms with Crippen molar-refractivity contribution in [1.82, 2.24) is 20.2 Å². The summed E-state index contributed by atoms with van der Waals surface area (Å²) >= 11 is 0. The van der Waals surface area contributed by atoms with E-state index in [0.29, 0.717) is 12.5 Å². The highest BCUT2D eigenvalue weighted by atomic mass is 16.1. The van der Waals surface area contributed by atoms with Crippen LogP contribution in [0, 0.1) is 12.8 Å². The van der Waals surface area contributed by atoms with Gasteiger partial charge in [0, 0.05) is 48.0 Å². The van der Waals surface area contributed by atoms with Crippen molar-refractivity contribution in [3.8, 4) is 11.3 Å². The fraction of sp³-hybridized carbons (Fsp3) is 0.308. The maximum absolute atomic E-state index is 13.0. The number of fused-ring (bicyclic) bond motifs is 1. The van der Waals surface area contributed by atoms with E-state index in [-0.39, 0.29) is 17.9 Å². The number of nitrogens with one attached hydrogen (secondary N) is 3. The Balaban J connectivity index is 1.43. The summed E-state index contributed by atoms with van der Waals surface area (Å²) in [5, 5.41) is 14.7. The number of anilines is 3. The van der Waals surface area contributed by atoms with Gasteiger partial charge in [0.25, 0.3) is 0 Å². The number of hydrogen-bond acceptors (Lipinski definition) is 6. The number of H-pyrrole nitrogens is 1. The van der Waals surface area contributed by atoms with Crippen LogP contribution in [-0.2, 0) is 4.79 Å². The molecule has 8 heteroatoms. The Morgan fingerprint density at radius 1 is 1.09 bits per heavy atom. The lowest BCUT2D eigenvalue weighted by molar-refractivity contribution is -0.120. The van der Waals surface area contributed by atoms with Crippen LogP contribution in [0.3, 0.4) is 0 Å². The van der Waals surface area contributed by atoms with Crippen molar-refractivity contribution in [2.45, 2.75) is 32.7 Å². The van der Waals surface area contributed by atoms with E-state index in [2.05, 4.69) is 44.8 Å². The number of rotatable bonds is 5. The largest absolute Gasteiger partial charge is 0.357 e. The summed E-state index contributed by atoms with van der Waals surface area (Å²) < 4.78 is 0. The number of carbonyl (C=O) groups is 1. The molecule has 3 N–H and O–H groups in total.